The fraction of sp³-hybridized carbons (Fsp3) is 0.320. The lowest BCUT2D eigenvalue weighted by molar-refractivity contribution is -0.149. The third kappa shape index (κ3) is 7.68. The van der Waals surface area contributed by atoms with Gasteiger partial charge in [0, 0.05) is 23.8 Å². The molecule has 0 spiro atoms. The van der Waals surface area contributed by atoms with Gasteiger partial charge in [0.1, 0.15) is 0 Å². The molecule has 0 radical (unpaired) electrons. The molecule has 0 unspecified atom stereocenters. The fourth-order valence-corrected chi connectivity index (χ4v) is 3.88. The summed E-state index contributed by atoms with van der Waals surface area (Å²) in [7, 11) is 1.49. The van der Waals surface area contributed by atoms with Gasteiger partial charge in [0.2, 0.25) is 5.91 Å². The summed E-state index contributed by atoms with van der Waals surface area (Å²) >= 11 is 1.17. The van der Waals surface area contributed by atoms with Crippen LogP contribution in [0.3, 0.4) is 0 Å². The van der Waals surface area contributed by atoms with Crippen molar-refractivity contribution in [3.8, 4) is 17.1 Å². The highest BCUT2D eigenvalue weighted by Crippen LogP contribution is 2.27. The Morgan fingerprint density at radius 2 is 1.63 bits per heavy atom. The minimum Gasteiger partial charge on any atom is -0.455 e. The van der Waals surface area contributed by atoms with Gasteiger partial charge in [-0.25, -0.2) is 0 Å². The number of aromatic nitrogens is 3. The molecule has 3 aromatic rings. The molecule has 35 heavy (non-hydrogen) atoms. The number of nitrogens with one attached hydrogen (secondary N) is 1. The van der Waals surface area contributed by atoms with Crippen LogP contribution in [0.25, 0.3) is 17.1 Å². The minimum atomic E-state index is -0.570. The summed E-state index contributed by atoms with van der Waals surface area (Å²) in [4.78, 5) is 37.8. The lowest BCUT2D eigenvalue weighted by Crippen LogP contribution is -2.46. The zero-order valence-electron chi connectivity index (χ0n) is 20.2. The molecule has 2 amide bonds. The monoisotopic (exact) mass is 495 g/mol. The maximum absolute atomic E-state index is 12.3. The Hall–Kier alpha value is -3.66. The number of thioether (sulfide) groups is 1. The summed E-state index contributed by atoms with van der Waals surface area (Å²) in [5.41, 5.74) is 1.35. The Morgan fingerprint density at radius 1 is 1.00 bits per heavy atom. The average molecular weight is 496 g/mol. The van der Waals surface area contributed by atoms with Crippen molar-refractivity contribution in [2.45, 2.75) is 31.5 Å². The van der Waals surface area contributed by atoms with Crippen molar-refractivity contribution in [1.29, 1.82) is 0 Å². The Morgan fingerprint density at radius 3 is 2.26 bits per heavy atom. The van der Waals surface area contributed by atoms with Crippen LogP contribution < -0.4 is 5.32 Å². The van der Waals surface area contributed by atoms with Gasteiger partial charge in [0.05, 0.1) is 12.3 Å². The van der Waals surface area contributed by atoms with Crippen LogP contribution >= 0.6 is 11.8 Å². The number of ether oxygens (including phenoxy) is 1. The van der Waals surface area contributed by atoms with Crippen LogP contribution in [0.5, 0.6) is 0 Å². The van der Waals surface area contributed by atoms with E-state index < -0.39 is 24.0 Å². The quantitative estimate of drug-likeness (QED) is 0.359. The maximum Gasteiger partial charge on any atom is 0.316 e. The molecular formula is C25H29N5O4S. The average Bonchev–Trinajstić information content (AvgIpc) is 3.25. The van der Waals surface area contributed by atoms with Gasteiger partial charge in [0.25, 0.3) is 5.91 Å². The molecule has 184 valence electrons. The molecule has 2 aromatic carbocycles. The van der Waals surface area contributed by atoms with Crippen molar-refractivity contribution < 1.29 is 19.1 Å². The lowest BCUT2D eigenvalue weighted by Gasteiger charge is -2.23. The third-order valence-corrected chi connectivity index (χ3v) is 5.58. The predicted molar refractivity (Wildman–Crippen MR) is 134 cm³/mol. The van der Waals surface area contributed by atoms with Gasteiger partial charge >= 0.3 is 5.97 Å². The predicted octanol–water partition coefficient (Wildman–Crippen LogP) is 2.94. The Bertz CT molecular complexity index is 1160. The van der Waals surface area contributed by atoms with E-state index in [2.05, 4.69) is 15.5 Å². The Balaban J connectivity index is 1.60. The summed E-state index contributed by atoms with van der Waals surface area (Å²) in [6, 6.07) is 19.3. The molecule has 0 bridgehead atoms. The van der Waals surface area contributed by atoms with Crippen LogP contribution in [0, 0.1) is 0 Å². The standard InChI is InChI=1S/C25H29N5O4S/c1-25(2,3)26-20(31)15-29(4)21(32)16-34-22(33)17-35-24-28-27-23(18-11-7-5-8-12-18)30(24)19-13-9-6-10-14-19/h5-14H,15-17H2,1-4H3,(H,26,31). The molecule has 9 nitrogen and oxygen atoms in total. The molecule has 1 heterocycles. The van der Waals surface area contributed by atoms with Crippen molar-refractivity contribution in [3.05, 3.63) is 60.7 Å². The molecule has 0 saturated carbocycles. The molecule has 10 heteroatoms. The van der Waals surface area contributed by atoms with Crippen LogP contribution in [-0.2, 0) is 19.1 Å². The topological polar surface area (TPSA) is 106 Å². The van der Waals surface area contributed by atoms with Crippen molar-refractivity contribution in [2.75, 3.05) is 26.0 Å². The van der Waals surface area contributed by atoms with E-state index in [0.717, 1.165) is 11.3 Å². The summed E-state index contributed by atoms with van der Waals surface area (Å²) in [5.74, 6) is -0.727. The summed E-state index contributed by atoms with van der Waals surface area (Å²) in [6.07, 6.45) is 0. The maximum atomic E-state index is 12.3. The van der Waals surface area contributed by atoms with Gasteiger partial charge in [0.15, 0.2) is 17.6 Å². The number of amides is 2. The van der Waals surface area contributed by atoms with Crippen molar-refractivity contribution >= 4 is 29.5 Å². The van der Waals surface area contributed by atoms with Crippen LogP contribution in [0.2, 0.25) is 0 Å². The summed E-state index contributed by atoms with van der Waals surface area (Å²) < 4.78 is 7.00. The molecule has 0 aliphatic carbocycles. The van der Waals surface area contributed by atoms with E-state index in [1.165, 1.54) is 23.7 Å². The van der Waals surface area contributed by atoms with Crippen LogP contribution in [0.4, 0.5) is 0 Å². The number of rotatable bonds is 9. The number of carbonyl (C=O) groups excluding carboxylic acids is 3. The van der Waals surface area contributed by atoms with E-state index in [1.807, 2.05) is 86.0 Å². The normalized spacial score (nSPS) is 11.1. The van der Waals surface area contributed by atoms with E-state index in [4.69, 9.17) is 4.74 Å². The van der Waals surface area contributed by atoms with Crippen molar-refractivity contribution in [3.63, 3.8) is 0 Å². The number of para-hydroxylation sites is 1. The van der Waals surface area contributed by atoms with E-state index in [-0.39, 0.29) is 18.2 Å². The van der Waals surface area contributed by atoms with Gasteiger partial charge in [-0.2, -0.15) is 0 Å². The van der Waals surface area contributed by atoms with E-state index in [1.54, 1.807) is 0 Å². The second kappa shape index (κ2) is 11.7. The first kappa shape index (κ1) is 26.0. The number of esters is 1. The largest absolute Gasteiger partial charge is 0.455 e. The van der Waals surface area contributed by atoms with Gasteiger partial charge in [-0.3, -0.25) is 19.0 Å². The highest BCUT2D eigenvalue weighted by molar-refractivity contribution is 7.99. The van der Waals surface area contributed by atoms with E-state index in [9.17, 15) is 14.4 Å². The van der Waals surface area contributed by atoms with E-state index >= 15 is 0 Å². The van der Waals surface area contributed by atoms with Crippen LogP contribution in [0.15, 0.2) is 65.8 Å². The molecule has 0 aliphatic heterocycles. The zero-order chi connectivity index (χ0) is 25.4. The van der Waals surface area contributed by atoms with Gasteiger partial charge in [-0.15, -0.1) is 10.2 Å². The first-order chi connectivity index (χ1) is 16.6. The van der Waals surface area contributed by atoms with Crippen molar-refractivity contribution in [1.82, 2.24) is 25.0 Å². The fourth-order valence-electron chi connectivity index (χ4n) is 3.13. The Labute approximate surface area is 208 Å². The first-order valence-electron chi connectivity index (χ1n) is 11.0. The molecule has 1 N–H and O–H groups in total. The first-order valence-corrected chi connectivity index (χ1v) is 12.0. The molecule has 0 atom stereocenters. The van der Waals surface area contributed by atoms with Crippen LogP contribution in [-0.4, -0.2) is 68.9 Å². The van der Waals surface area contributed by atoms with Gasteiger partial charge < -0.3 is 15.0 Å². The summed E-state index contributed by atoms with van der Waals surface area (Å²) in [6.45, 7) is 5.00. The van der Waals surface area contributed by atoms with Gasteiger partial charge in [-0.05, 0) is 32.9 Å². The SMILES string of the molecule is CN(CC(=O)NC(C)(C)C)C(=O)COC(=O)CSc1nnc(-c2ccccc2)n1-c1ccccc1. The van der Waals surface area contributed by atoms with Crippen LogP contribution in [0.1, 0.15) is 20.8 Å². The van der Waals surface area contributed by atoms with Gasteiger partial charge in [-0.1, -0.05) is 60.3 Å². The number of carbonyl (C=O) groups is 3. The second-order valence-electron chi connectivity index (χ2n) is 8.84. The summed E-state index contributed by atoms with van der Waals surface area (Å²) in [5, 5.41) is 11.9. The highest BCUT2D eigenvalue weighted by Gasteiger charge is 2.20. The molecule has 1 aromatic heterocycles. The second-order valence-corrected chi connectivity index (χ2v) is 9.78. The smallest absolute Gasteiger partial charge is 0.316 e. The molecular weight excluding hydrogens is 466 g/mol. The van der Waals surface area contributed by atoms with Crippen molar-refractivity contribution in [2.24, 2.45) is 0 Å². The number of likely N-dealkylation sites (N-methyl/N-ethyl adjacent to an activating group) is 1. The lowest BCUT2D eigenvalue weighted by atomic mass is 10.1. The molecule has 0 aliphatic rings. The molecule has 0 saturated heterocycles. The van der Waals surface area contributed by atoms with E-state index in [0.29, 0.717) is 11.0 Å². The highest BCUT2D eigenvalue weighted by atomic mass is 32.2. The minimum absolute atomic E-state index is 0.0543. The molecule has 0 fully saturated rings. The molecule has 3 rings (SSSR count). The zero-order valence-corrected chi connectivity index (χ0v) is 21.0. The number of hydrogen-bond acceptors (Lipinski definition) is 7. The third-order valence-electron chi connectivity index (χ3n) is 4.68. The number of benzene rings is 2. The number of hydrogen-bond donors (Lipinski definition) is 1. The Kier molecular flexibility index (Phi) is 8.64. The number of nitrogens with zero attached hydrogens (tertiary/aromatic N) is 4.